The largest absolute Gasteiger partial charge is 0.491 e. The number of rotatable bonds is 0. The molecule has 112 valence electrons. The van der Waals surface area contributed by atoms with Crippen molar-refractivity contribution in [2.75, 3.05) is 0 Å². The molecule has 3 nitrogen and oxygen atoms in total. The van der Waals surface area contributed by atoms with Gasteiger partial charge in [-0.2, -0.15) is 0 Å². The van der Waals surface area contributed by atoms with E-state index in [1.54, 1.807) is 12.2 Å². The summed E-state index contributed by atoms with van der Waals surface area (Å²) in [6.07, 6.45) is 11.7. The summed E-state index contributed by atoms with van der Waals surface area (Å²) in [5.74, 6) is 0.944. The van der Waals surface area contributed by atoms with Crippen LogP contribution in [-0.4, -0.2) is 28.5 Å². The molecule has 2 rings (SSSR count). The van der Waals surface area contributed by atoms with E-state index >= 15 is 0 Å². The molecule has 0 aromatic rings. The van der Waals surface area contributed by atoms with Gasteiger partial charge in [0.1, 0.15) is 5.76 Å². The molecule has 0 saturated heterocycles. The van der Waals surface area contributed by atoms with Crippen molar-refractivity contribution >= 4 is 0 Å². The highest BCUT2D eigenvalue weighted by atomic mass is 16.5. The SMILES string of the molecule is C=C1/C=C/[C@@H](O)C2C[C@@H](O)CC2/C=C/CCCC(C)O1. The van der Waals surface area contributed by atoms with Crippen LogP contribution < -0.4 is 0 Å². The summed E-state index contributed by atoms with van der Waals surface area (Å²) >= 11 is 0. The normalized spacial score (nSPS) is 42.5. The average molecular weight is 278 g/mol. The first-order chi connectivity index (χ1) is 9.56. The van der Waals surface area contributed by atoms with E-state index in [1.807, 2.05) is 6.92 Å². The highest BCUT2D eigenvalue weighted by Gasteiger charge is 2.35. The molecule has 1 fully saturated rings. The third kappa shape index (κ3) is 4.22. The van der Waals surface area contributed by atoms with Gasteiger partial charge in [-0.15, -0.1) is 0 Å². The van der Waals surface area contributed by atoms with Gasteiger partial charge in [0.2, 0.25) is 0 Å². The minimum Gasteiger partial charge on any atom is -0.491 e. The van der Waals surface area contributed by atoms with Crippen LogP contribution in [0.1, 0.15) is 39.0 Å². The number of hydrogen-bond acceptors (Lipinski definition) is 3. The Bertz CT molecular complexity index is 386. The molecule has 1 saturated carbocycles. The number of hydrogen-bond donors (Lipinski definition) is 2. The Morgan fingerprint density at radius 2 is 2.05 bits per heavy atom. The molecular formula is C17H26O3. The lowest BCUT2D eigenvalue weighted by Crippen LogP contribution is -2.21. The van der Waals surface area contributed by atoms with Gasteiger partial charge in [-0.05, 0) is 56.9 Å². The summed E-state index contributed by atoms with van der Waals surface area (Å²) in [6, 6.07) is 0. The Hall–Kier alpha value is -1.06. The van der Waals surface area contributed by atoms with Crippen LogP contribution in [-0.2, 0) is 4.74 Å². The molecule has 0 bridgehead atoms. The van der Waals surface area contributed by atoms with E-state index in [0.717, 1.165) is 25.7 Å². The third-order valence-corrected chi connectivity index (χ3v) is 4.27. The van der Waals surface area contributed by atoms with Crippen molar-refractivity contribution < 1.29 is 14.9 Å². The highest BCUT2D eigenvalue weighted by molar-refractivity contribution is 5.12. The Labute approximate surface area is 121 Å². The van der Waals surface area contributed by atoms with E-state index in [9.17, 15) is 10.2 Å². The van der Waals surface area contributed by atoms with Crippen molar-refractivity contribution in [1.29, 1.82) is 0 Å². The first kappa shape index (κ1) is 15.3. The van der Waals surface area contributed by atoms with Gasteiger partial charge in [0, 0.05) is 0 Å². The van der Waals surface area contributed by atoms with Crippen LogP contribution in [0.3, 0.4) is 0 Å². The molecular weight excluding hydrogens is 252 g/mol. The van der Waals surface area contributed by atoms with E-state index in [-0.39, 0.29) is 24.0 Å². The molecule has 0 aromatic carbocycles. The maximum Gasteiger partial charge on any atom is 0.112 e. The molecule has 2 N–H and O–H groups in total. The average Bonchev–Trinajstić information content (AvgIpc) is 2.76. The van der Waals surface area contributed by atoms with E-state index in [1.165, 1.54) is 0 Å². The Balaban J connectivity index is 2.11. The molecule has 5 atom stereocenters. The number of aliphatic hydroxyl groups excluding tert-OH is 2. The minimum atomic E-state index is -0.557. The Morgan fingerprint density at radius 1 is 1.25 bits per heavy atom. The second-order valence-electron chi connectivity index (χ2n) is 6.06. The standard InChI is InChI=1S/C17H26O3/c1-12-6-4-3-5-7-14-10-15(18)11-16(14)17(19)9-8-13(2)20-12/h5,7-9,12,14-19H,2-4,6,10-11H2,1H3/b7-5+,9-8+/t12?,14?,15-,16?,17+/m0/s1. The van der Waals surface area contributed by atoms with Crippen LogP contribution >= 0.6 is 0 Å². The second kappa shape index (κ2) is 7.09. The van der Waals surface area contributed by atoms with Crippen molar-refractivity contribution in [2.24, 2.45) is 11.8 Å². The molecule has 0 aromatic heterocycles. The number of aliphatic hydroxyl groups is 2. The van der Waals surface area contributed by atoms with Gasteiger partial charge in [0.25, 0.3) is 0 Å². The van der Waals surface area contributed by atoms with Crippen LogP contribution in [0.4, 0.5) is 0 Å². The van der Waals surface area contributed by atoms with Gasteiger partial charge in [0.15, 0.2) is 0 Å². The van der Waals surface area contributed by atoms with Crippen LogP contribution in [0, 0.1) is 11.8 Å². The second-order valence-corrected chi connectivity index (χ2v) is 6.06. The minimum absolute atomic E-state index is 0.0866. The van der Waals surface area contributed by atoms with Gasteiger partial charge in [-0.25, -0.2) is 0 Å². The van der Waals surface area contributed by atoms with Gasteiger partial charge >= 0.3 is 0 Å². The monoisotopic (exact) mass is 278 g/mol. The van der Waals surface area contributed by atoms with Crippen molar-refractivity contribution in [3.05, 3.63) is 36.6 Å². The first-order valence-electron chi connectivity index (χ1n) is 7.63. The zero-order chi connectivity index (χ0) is 14.5. The van der Waals surface area contributed by atoms with E-state index in [2.05, 4.69) is 18.7 Å². The highest BCUT2D eigenvalue weighted by Crippen LogP contribution is 2.36. The summed E-state index contributed by atoms with van der Waals surface area (Å²) in [5.41, 5.74) is 0. The fourth-order valence-electron chi connectivity index (χ4n) is 3.19. The van der Waals surface area contributed by atoms with E-state index in [0.29, 0.717) is 12.2 Å². The lowest BCUT2D eigenvalue weighted by Gasteiger charge is -2.20. The van der Waals surface area contributed by atoms with Crippen LogP contribution in [0.25, 0.3) is 0 Å². The predicted octanol–water partition coefficient (Wildman–Crippen LogP) is 2.95. The molecule has 0 spiro atoms. The Morgan fingerprint density at radius 3 is 2.85 bits per heavy atom. The zero-order valence-corrected chi connectivity index (χ0v) is 12.2. The predicted molar refractivity (Wildman–Crippen MR) is 80.0 cm³/mol. The topological polar surface area (TPSA) is 49.7 Å². The van der Waals surface area contributed by atoms with E-state index in [4.69, 9.17) is 4.74 Å². The van der Waals surface area contributed by atoms with Crippen molar-refractivity contribution in [3.8, 4) is 0 Å². The first-order valence-corrected chi connectivity index (χ1v) is 7.63. The zero-order valence-electron chi connectivity index (χ0n) is 12.2. The van der Waals surface area contributed by atoms with Crippen molar-refractivity contribution in [2.45, 2.75) is 57.3 Å². The third-order valence-electron chi connectivity index (χ3n) is 4.27. The lowest BCUT2D eigenvalue weighted by atomic mass is 9.90. The molecule has 1 aliphatic carbocycles. The van der Waals surface area contributed by atoms with Gasteiger partial charge in [-0.3, -0.25) is 0 Å². The molecule has 3 heteroatoms. The maximum atomic E-state index is 10.3. The number of allylic oxidation sites excluding steroid dienone is 3. The molecule has 1 aliphatic heterocycles. The van der Waals surface area contributed by atoms with Gasteiger partial charge < -0.3 is 14.9 Å². The molecule has 0 amide bonds. The van der Waals surface area contributed by atoms with Crippen molar-refractivity contribution in [1.82, 2.24) is 0 Å². The van der Waals surface area contributed by atoms with E-state index < -0.39 is 6.10 Å². The quantitative estimate of drug-likeness (QED) is 0.670. The van der Waals surface area contributed by atoms with Crippen molar-refractivity contribution in [3.63, 3.8) is 0 Å². The van der Waals surface area contributed by atoms with Crippen LogP contribution in [0.2, 0.25) is 0 Å². The summed E-state index contributed by atoms with van der Waals surface area (Å²) in [6.45, 7) is 5.91. The fraction of sp³-hybridized carbons (Fsp3) is 0.647. The Kier molecular flexibility index (Phi) is 5.44. The van der Waals surface area contributed by atoms with Crippen LogP contribution in [0.5, 0.6) is 0 Å². The number of fused-ring (bicyclic) bond motifs is 1. The fourth-order valence-corrected chi connectivity index (χ4v) is 3.19. The summed E-state index contributed by atoms with van der Waals surface area (Å²) < 4.78 is 5.68. The lowest BCUT2D eigenvalue weighted by molar-refractivity contribution is 0.121. The summed E-state index contributed by atoms with van der Waals surface area (Å²) in [5, 5.41) is 20.1. The van der Waals surface area contributed by atoms with Crippen LogP contribution in [0.15, 0.2) is 36.6 Å². The van der Waals surface area contributed by atoms with Gasteiger partial charge in [-0.1, -0.05) is 24.8 Å². The number of ether oxygens (including phenoxy) is 1. The smallest absolute Gasteiger partial charge is 0.112 e. The maximum absolute atomic E-state index is 10.3. The molecule has 3 unspecified atom stereocenters. The molecule has 0 radical (unpaired) electrons. The summed E-state index contributed by atoms with van der Waals surface area (Å²) in [4.78, 5) is 0. The summed E-state index contributed by atoms with van der Waals surface area (Å²) in [7, 11) is 0. The molecule has 20 heavy (non-hydrogen) atoms. The van der Waals surface area contributed by atoms with Gasteiger partial charge in [0.05, 0.1) is 18.3 Å². The molecule has 1 heterocycles. The molecule has 2 aliphatic rings.